The predicted octanol–water partition coefficient (Wildman–Crippen LogP) is 4.90. The molecule has 0 bridgehead atoms. The van der Waals surface area contributed by atoms with Crippen LogP contribution < -0.4 is 15.9 Å². The summed E-state index contributed by atoms with van der Waals surface area (Å²) in [5.74, 6) is 0.195. The summed E-state index contributed by atoms with van der Waals surface area (Å²) in [7, 11) is 3.23. The number of nitriles is 1. The van der Waals surface area contributed by atoms with Crippen molar-refractivity contribution in [2.24, 2.45) is 5.10 Å². The summed E-state index contributed by atoms with van der Waals surface area (Å²) in [5.41, 5.74) is 3.07. The van der Waals surface area contributed by atoms with Crippen molar-refractivity contribution in [3.8, 4) is 28.6 Å². The number of benzene rings is 2. The highest BCUT2D eigenvalue weighted by atomic mass is 19.4. The van der Waals surface area contributed by atoms with Gasteiger partial charge in [-0.25, -0.2) is 15.4 Å². The zero-order valence-electron chi connectivity index (χ0n) is 19.7. The van der Waals surface area contributed by atoms with Crippen LogP contribution in [-0.2, 0) is 6.18 Å². The molecule has 2 aromatic carbocycles. The molecule has 0 saturated carbocycles. The lowest BCUT2D eigenvalue weighted by Gasteiger charge is -2.16. The fourth-order valence-corrected chi connectivity index (χ4v) is 3.44. The Kier molecular flexibility index (Phi) is 7.01. The van der Waals surface area contributed by atoms with Crippen LogP contribution in [0, 0.1) is 11.3 Å². The maximum Gasteiger partial charge on any atom is 0.416 e. The second-order valence-corrected chi connectivity index (χ2v) is 8.10. The van der Waals surface area contributed by atoms with Crippen molar-refractivity contribution >= 4 is 18.0 Å². The van der Waals surface area contributed by atoms with Gasteiger partial charge in [0.05, 0.1) is 23.2 Å². The van der Waals surface area contributed by atoms with Crippen molar-refractivity contribution in [1.29, 1.82) is 5.26 Å². The van der Waals surface area contributed by atoms with Gasteiger partial charge in [-0.15, -0.1) is 0 Å². The van der Waals surface area contributed by atoms with Gasteiger partial charge in [0.1, 0.15) is 17.5 Å². The molecule has 2 aromatic heterocycles. The van der Waals surface area contributed by atoms with E-state index in [1.54, 1.807) is 68.7 Å². The molecule has 0 amide bonds. The molecular formula is C26H20F3N7O. The number of alkyl halides is 3. The topological polar surface area (TPSA) is 110 Å². The van der Waals surface area contributed by atoms with Crippen molar-refractivity contribution in [3.63, 3.8) is 0 Å². The van der Waals surface area contributed by atoms with E-state index in [2.05, 4.69) is 25.5 Å². The molecular weight excluding hydrogens is 483 g/mol. The average molecular weight is 503 g/mol. The molecule has 0 unspecified atom stereocenters. The van der Waals surface area contributed by atoms with E-state index < -0.39 is 17.3 Å². The van der Waals surface area contributed by atoms with Gasteiger partial charge in [0.15, 0.2) is 0 Å². The first-order valence-electron chi connectivity index (χ1n) is 10.9. The second-order valence-electron chi connectivity index (χ2n) is 8.10. The van der Waals surface area contributed by atoms with E-state index in [9.17, 15) is 23.2 Å². The van der Waals surface area contributed by atoms with Crippen LogP contribution in [0.25, 0.3) is 22.5 Å². The summed E-state index contributed by atoms with van der Waals surface area (Å²) in [6.45, 7) is 0. The van der Waals surface area contributed by atoms with Gasteiger partial charge in [-0.3, -0.25) is 9.78 Å². The molecule has 2 N–H and O–H groups in total. The Labute approximate surface area is 209 Å². The van der Waals surface area contributed by atoms with Crippen molar-refractivity contribution in [1.82, 2.24) is 15.0 Å². The van der Waals surface area contributed by atoms with E-state index in [0.717, 1.165) is 12.1 Å². The molecule has 0 spiro atoms. The quantitative estimate of drug-likeness (QED) is 0.286. The molecule has 0 saturated heterocycles. The minimum Gasteiger partial charge on any atom is -0.363 e. The van der Waals surface area contributed by atoms with Gasteiger partial charge in [0.25, 0.3) is 5.56 Å². The monoisotopic (exact) mass is 503 g/mol. The van der Waals surface area contributed by atoms with Gasteiger partial charge in [-0.1, -0.05) is 48.5 Å². The van der Waals surface area contributed by atoms with Crippen LogP contribution >= 0.6 is 0 Å². The fraction of sp³-hybridized carbons (Fsp3) is 0.115. The van der Waals surface area contributed by atoms with Crippen LogP contribution in [0.4, 0.5) is 24.9 Å². The highest BCUT2D eigenvalue weighted by Gasteiger charge is 2.32. The molecule has 0 aliphatic carbocycles. The van der Waals surface area contributed by atoms with Crippen molar-refractivity contribution in [2.45, 2.75) is 6.18 Å². The van der Waals surface area contributed by atoms with E-state index in [-0.39, 0.29) is 28.7 Å². The Morgan fingerprint density at radius 1 is 1.03 bits per heavy atom. The Hall–Kier alpha value is -4.98. The third-order valence-corrected chi connectivity index (χ3v) is 5.24. The number of aromatic nitrogens is 3. The number of rotatable bonds is 6. The molecule has 4 aromatic rings. The van der Waals surface area contributed by atoms with Gasteiger partial charge < -0.3 is 4.90 Å². The van der Waals surface area contributed by atoms with Crippen molar-refractivity contribution in [2.75, 3.05) is 24.4 Å². The number of nitrogens with zero attached hydrogens (tertiary/aromatic N) is 5. The summed E-state index contributed by atoms with van der Waals surface area (Å²) in [5, 5.41) is 13.5. The number of H-pyrrole nitrogens is 1. The zero-order valence-corrected chi connectivity index (χ0v) is 19.7. The molecule has 2 heterocycles. The number of aromatic amines is 1. The molecule has 0 aliphatic rings. The summed E-state index contributed by atoms with van der Waals surface area (Å²) in [6, 6.07) is 19.3. The van der Waals surface area contributed by atoms with E-state index in [1.807, 2.05) is 6.07 Å². The molecule has 0 aliphatic heterocycles. The highest BCUT2D eigenvalue weighted by Crippen LogP contribution is 2.34. The van der Waals surface area contributed by atoms with Crippen LogP contribution in [-0.4, -0.2) is 35.3 Å². The minimum absolute atomic E-state index is 0.0189. The smallest absolute Gasteiger partial charge is 0.363 e. The summed E-state index contributed by atoms with van der Waals surface area (Å²) >= 11 is 0. The number of pyridine rings is 1. The van der Waals surface area contributed by atoms with Crippen LogP contribution in [0.1, 0.15) is 16.7 Å². The summed E-state index contributed by atoms with van der Waals surface area (Å²) in [4.78, 5) is 25.0. The van der Waals surface area contributed by atoms with E-state index in [0.29, 0.717) is 16.7 Å². The number of hydrogen-bond donors (Lipinski definition) is 2. The lowest BCUT2D eigenvalue weighted by atomic mass is 10.1. The Balaban J connectivity index is 1.62. The number of hydrogen-bond acceptors (Lipinski definition) is 7. The van der Waals surface area contributed by atoms with Gasteiger partial charge >= 0.3 is 6.18 Å². The predicted molar refractivity (Wildman–Crippen MR) is 135 cm³/mol. The van der Waals surface area contributed by atoms with Crippen LogP contribution in [0.5, 0.6) is 0 Å². The van der Waals surface area contributed by atoms with E-state index in [4.69, 9.17) is 0 Å². The molecule has 186 valence electrons. The highest BCUT2D eigenvalue weighted by molar-refractivity contribution is 5.82. The first-order valence-corrected chi connectivity index (χ1v) is 10.9. The van der Waals surface area contributed by atoms with E-state index >= 15 is 0 Å². The lowest BCUT2D eigenvalue weighted by molar-refractivity contribution is -0.137. The number of nitrogens with one attached hydrogen (secondary N) is 2. The average Bonchev–Trinajstić information content (AvgIpc) is 2.88. The van der Waals surface area contributed by atoms with Gasteiger partial charge in [0.2, 0.25) is 5.95 Å². The third kappa shape index (κ3) is 5.82. The number of anilines is 2. The van der Waals surface area contributed by atoms with Gasteiger partial charge in [-0.05, 0) is 23.8 Å². The maximum atomic E-state index is 13.4. The first-order chi connectivity index (χ1) is 17.7. The largest absolute Gasteiger partial charge is 0.416 e. The fourth-order valence-electron chi connectivity index (χ4n) is 3.44. The minimum atomic E-state index is -4.52. The lowest BCUT2D eigenvalue weighted by Crippen LogP contribution is -2.16. The second kappa shape index (κ2) is 10.3. The molecule has 0 atom stereocenters. The standard InChI is InChI=1S/C26H20F3N7O/c1-36(2)22-13-19(26(27,28)29)12-21(32-22)18-10-6-7-16(11-18)15-31-35-25-33-23(17-8-4-3-5-9-17)20(14-30)24(37)34-25/h3-13,15H,1-2H3,(H2,33,34,35,37). The van der Waals surface area contributed by atoms with Crippen LogP contribution in [0.2, 0.25) is 0 Å². The summed E-state index contributed by atoms with van der Waals surface area (Å²) < 4.78 is 40.3. The van der Waals surface area contributed by atoms with Crippen molar-refractivity contribution in [3.05, 3.63) is 93.8 Å². The first kappa shape index (κ1) is 25.1. The molecule has 37 heavy (non-hydrogen) atoms. The molecule has 4 rings (SSSR count). The zero-order chi connectivity index (χ0) is 26.6. The normalized spacial score (nSPS) is 11.4. The van der Waals surface area contributed by atoms with Gasteiger partial charge in [-0.2, -0.15) is 23.5 Å². The van der Waals surface area contributed by atoms with Crippen LogP contribution in [0.15, 0.2) is 76.6 Å². The third-order valence-electron chi connectivity index (χ3n) is 5.24. The Morgan fingerprint density at radius 3 is 2.43 bits per heavy atom. The van der Waals surface area contributed by atoms with E-state index in [1.165, 1.54) is 11.1 Å². The van der Waals surface area contributed by atoms with Crippen LogP contribution in [0.3, 0.4) is 0 Å². The Morgan fingerprint density at radius 2 is 1.76 bits per heavy atom. The number of halogens is 3. The maximum absolute atomic E-state index is 13.4. The molecule has 0 radical (unpaired) electrons. The molecule has 11 heteroatoms. The SMILES string of the molecule is CN(C)c1cc(C(F)(F)F)cc(-c2cccc(C=NNc3nc(-c4ccccc4)c(C#N)c(=O)[nH]3)c2)n1. The molecule has 8 nitrogen and oxygen atoms in total. The van der Waals surface area contributed by atoms with Gasteiger partial charge in [0, 0.05) is 25.2 Å². The number of hydrazone groups is 1. The van der Waals surface area contributed by atoms with Crippen molar-refractivity contribution < 1.29 is 13.2 Å². The summed E-state index contributed by atoms with van der Waals surface area (Å²) in [6.07, 6.45) is -3.10. The molecule has 0 fully saturated rings. The Bertz CT molecular complexity index is 1560.